The first-order valence-electron chi connectivity index (χ1n) is 11.6. The SMILES string of the molecule is CCc1nn2c(c1-c1ccc(C)c(S(=O)(=O)N3CCC4(CC3)OCCO4)c1)NC(=O)CCC2=O. The van der Waals surface area contributed by atoms with Crippen molar-refractivity contribution in [3.05, 3.63) is 29.5 Å². The lowest BCUT2D eigenvalue weighted by atomic mass is 10.0. The van der Waals surface area contributed by atoms with Crippen molar-refractivity contribution in [3.8, 4) is 11.1 Å². The molecule has 4 heterocycles. The van der Waals surface area contributed by atoms with Crippen molar-refractivity contribution in [2.45, 2.75) is 56.6 Å². The Labute approximate surface area is 198 Å². The lowest BCUT2D eigenvalue weighted by Gasteiger charge is -2.37. The zero-order chi connectivity index (χ0) is 24.1. The number of fused-ring (bicyclic) bond motifs is 1. The highest BCUT2D eigenvalue weighted by Gasteiger charge is 2.43. The number of hydrogen-bond acceptors (Lipinski definition) is 7. The minimum absolute atomic E-state index is 0.0700. The number of sulfonamides is 1. The summed E-state index contributed by atoms with van der Waals surface area (Å²) in [4.78, 5) is 25.0. The molecule has 0 unspecified atom stereocenters. The molecule has 1 amide bonds. The minimum atomic E-state index is -3.78. The number of anilines is 1. The summed E-state index contributed by atoms with van der Waals surface area (Å²) in [6.45, 7) is 5.34. The van der Waals surface area contributed by atoms with Gasteiger partial charge in [-0.15, -0.1) is 0 Å². The van der Waals surface area contributed by atoms with Crippen LogP contribution in [-0.4, -0.2) is 66.4 Å². The number of hydrogen-bond donors (Lipinski definition) is 1. The quantitative estimate of drug-likeness (QED) is 0.701. The number of nitrogens with one attached hydrogen (secondary N) is 1. The van der Waals surface area contributed by atoms with Crippen LogP contribution in [0.3, 0.4) is 0 Å². The van der Waals surface area contributed by atoms with Crippen molar-refractivity contribution in [2.24, 2.45) is 0 Å². The van der Waals surface area contributed by atoms with E-state index in [-0.39, 0.29) is 29.6 Å². The molecular weight excluding hydrogens is 460 g/mol. The Kier molecular flexibility index (Phi) is 5.83. The molecule has 1 aromatic carbocycles. The Hall–Kier alpha value is -2.60. The molecule has 0 aliphatic carbocycles. The molecule has 0 radical (unpaired) electrons. The number of piperidine rings is 1. The Morgan fingerprint density at radius 2 is 1.82 bits per heavy atom. The Morgan fingerprint density at radius 1 is 1.12 bits per heavy atom. The zero-order valence-electron chi connectivity index (χ0n) is 19.3. The fourth-order valence-corrected chi connectivity index (χ4v) is 6.55. The smallest absolute Gasteiger partial charge is 0.249 e. The van der Waals surface area contributed by atoms with Crippen molar-refractivity contribution in [2.75, 3.05) is 31.6 Å². The number of aryl methyl sites for hydroxylation is 2. The van der Waals surface area contributed by atoms with E-state index < -0.39 is 15.8 Å². The van der Waals surface area contributed by atoms with Gasteiger partial charge in [0, 0.05) is 44.3 Å². The van der Waals surface area contributed by atoms with Crippen LogP contribution in [-0.2, 0) is 30.7 Å². The molecule has 0 atom stereocenters. The van der Waals surface area contributed by atoms with E-state index in [0.717, 1.165) is 0 Å². The van der Waals surface area contributed by atoms with E-state index in [2.05, 4.69) is 10.4 Å². The van der Waals surface area contributed by atoms with Gasteiger partial charge in [-0.25, -0.2) is 8.42 Å². The van der Waals surface area contributed by atoms with Gasteiger partial charge in [0.15, 0.2) is 5.79 Å². The van der Waals surface area contributed by atoms with Crippen LogP contribution in [0.15, 0.2) is 23.1 Å². The molecule has 2 saturated heterocycles. The average molecular weight is 489 g/mol. The van der Waals surface area contributed by atoms with Gasteiger partial charge in [0.25, 0.3) is 0 Å². The van der Waals surface area contributed by atoms with E-state index in [1.54, 1.807) is 25.1 Å². The van der Waals surface area contributed by atoms with Crippen molar-refractivity contribution in [3.63, 3.8) is 0 Å². The van der Waals surface area contributed by atoms with Gasteiger partial charge in [0.2, 0.25) is 21.8 Å². The van der Waals surface area contributed by atoms with Crippen LogP contribution in [0.5, 0.6) is 0 Å². The molecule has 0 saturated carbocycles. The van der Waals surface area contributed by atoms with Crippen LogP contribution < -0.4 is 5.32 Å². The second-order valence-electron chi connectivity index (χ2n) is 8.87. The minimum Gasteiger partial charge on any atom is -0.347 e. The number of benzene rings is 1. The zero-order valence-corrected chi connectivity index (χ0v) is 20.1. The van der Waals surface area contributed by atoms with Crippen LogP contribution in [0.2, 0.25) is 0 Å². The van der Waals surface area contributed by atoms with Gasteiger partial charge in [-0.1, -0.05) is 19.1 Å². The highest BCUT2D eigenvalue weighted by molar-refractivity contribution is 7.89. The first-order chi connectivity index (χ1) is 16.2. The van der Waals surface area contributed by atoms with Crippen molar-refractivity contribution in [1.29, 1.82) is 0 Å². The van der Waals surface area contributed by atoms with Gasteiger partial charge < -0.3 is 14.8 Å². The van der Waals surface area contributed by atoms with E-state index in [1.807, 2.05) is 6.92 Å². The average Bonchev–Trinajstić information content (AvgIpc) is 3.39. The maximum absolute atomic E-state index is 13.6. The predicted octanol–water partition coefficient (Wildman–Crippen LogP) is 2.32. The molecule has 34 heavy (non-hydrogen) atoms. The largest absolute Gasteiger partial charge is 0.347 e. The number of rotatable bonds is 4. The van der Waals surface area contributed by atoms with Crippen LogP contribution >= 0.6 is 0 Å². The molecule has 5 rings (SSSR count). The van der Waals surface area contributed by atoms with Crippen molar-refractivity contribution < 1.29 is 27.5 Å². The maximum Gasteiger partial charge on any atom is 0.249 e. The van der Waals surface area contributed by atoms with E-state index in [0.29, 0.717) is 73.8 Å². The van der Waals surface area contributed by atoms with Gasteiger partial charge in [-0.3, -0.25) is 9.59 Å². The molecule has 1 N–H and O–H groups in total. The summed E-state index contributed by atoms with van der Waals surface area (Å²) in [6.07, 6.45) is 1.63. The first-order valence-corrected chi connectivity index (χ1v) is 13.0. The summed E-state index contributed by atoms with van der Waals surface area (Å²) < 4.78 is 41.4. The molecule has 0 bridgehead atoms. The third kappa shape index (κ3) is 3.86. The van der Waals surface area contributed by atoms with Crippen molar-refractivity contribution in [1.82, 2.24) is 14.1 Å². The molecule has 1 spiro atoms. The molecule has 3 aliphatic rings. The first kappa shape index (κ1) is 23.2. The van der Waals surface area contributed by atoms with Gasteiger partial charge in [0.05, 0.1) is 23.8 Å². The number of carbonyl (C=O) groups is 2. The Bertz CT molecular complexity index is 1250. The summed E-state index contributed by atoms with van der Waals surface area (Å²) in [6, 6.07) is 5.18. The maximum atomic E-state index is 13.6. The monoisotopic (exact) mass is 488 g/mol. The Balaban J connectivity index is 1.53. The van der Waals surface area contributed by atoms with E-state index >= 15 is 0 Å². The lowest BCUT2D eigenvalue weighted by molar-refractivity contribution is -0.179. The van der Waals surface area contributed by atoms with Gasteiger partial charge in [-0.2, -0.15) is 14.1 Å². The highest BCUT2D eigenvalue weighted by atomic mass is 32.2. The number of ether oxygens (including phenoxy) is 2. The number of carbonyl (C=O) groups excluding carboxylic acids is 2. The molecule has 3 aliphatic heterocycles. The second-order valence-corrected chi connectivity index (χ2v) is 10.8. The van der Waals surface area contributed by atoms with Crippen LogP contribution in [0.25, 0.3) is 11.1 Å². The predicted molar refractivity (Wildman–Crippen MR) is 123 cm³/mol. The van der Waals surface area contributed by atoms with Crippen LogP contribution in [0.4, 0.5) is 5.82 Å². The third-order valence-corrected chi connectivity index (χ3v) is 8.79. The molecule has 10 nitrogen and oxygen atoms in total. The molecule has 2 fully saturated rings. The summed E-state index contributed by atoms with van der Waals surface area (Å²) in [7, 11) is -3.78. The lowest BCUT2D eigenvalue weighted by Crippen LogP contribution is -2.47. The summed E-state index contributed by atoms with van der Waals surface area (Å²) >= 11 is 0. The topological polar surface area (TPSA) is 120 Å². The normalized spacial score (nSPS) is 20.9. The molecule has 11 heteroatoms. The summed E-state index contributed by atoms with van der Waals surface area (Å²) in [5, 5.41) is 7.22. The number of nitrogens with zero attached hydrogens (tertiary/aromatic N) is 3. The summed E-state index contributed by atoms with van der Waals surface area (Å²) in [5.74, 6) is -0.909. The van der Waals surface area contributed by atoms with E-state index in [1.165, 1.54) is 8.99 Å². The third-order valence-electron chi connectivity index (χ3n) is 6.75. The highest BCUT2D eigenvalue weighted by Crippen LogP contribution is 2.38. The number of aromatic nitrogens is 2. The van der Waals surface area contributed by atoms with Crippen molar-refractivity contribution >= 4 is 27.7 Å². The fraction of sp³-hybridized carbons (Fsp3) is 0.522. The van der Waals surface area contributed by atoms with Gasteiger partial charge >= 0.3 is 0 Å². The van der Waals surface area contributed by atoms with E-state index in [4.69, 9.17) is 9.47 Å². The molecule has 182 valence electrons. The second kappa shape index (κ2) is 8.56. The molecule has 2 aromatic rings. The fourth-order valence-electron chi connectivity index (χ4n) is 4.86. The molecule has 1 aromatic heterocycles. The standard InChI is InChI=1S/C23H28N4O6S/c1-3-17-21(22-24-19(28)6-7-20(29)27(22)25-17)16-5-4-15(2)18(14-16)34(30,31)26-10-8-23(9-11-26)32-12-13-33-23/h4-5,14H,3,6-13H2,1-2H3,(H,24,28). The van der Waals surface area contributed by atoms with Crippen LogP contribution in [0, 0.1) is 6.92 Å². The van der Waals surface area contributed by atoms with E-state index in [9.17, 15) is 18.0 Å². The number of amides is 1. The van der Waals surface area contributed by atoms with Crippen LogP contribution in [0.1, 0.15) is 48.7 Å². The van der Waals surface area contributed by atoms with Gasteiger partial charge in [0.1, 0.15) is 5.82 Å². The summed E-state index contributed by atoms with van der Waals surface area (Å²) in [5.41, 5.74) is 2.41. The van der Waals surface area contributed by atoms with Gasteiger partial charge in [-0.05, 0) is 30.5 Å². The molecular formula is C23H28N4O6S. The Morgan fingerprint density at radius 3 is 2.50 bits per heavy atom.